The van der Waals surface area contributed by atoms with Crippen LogP contribution in [0.4, 0.5) is 5.82 Å². The van der Waals surface area contributed by atoms with E-state index in [1.165, 1.54) is 5.56 Å². The lowest BCUT2D eigenvalue weighted by atomic mass is 9.95. The van der Waals surface area contributed by atoms with E-state index in [4.69, 9.17) is 5.10 Å². The van der Waals surface area contributed by atoms with Crippen LogP contribution in [0.2, 0.25) is 0 Å². The second-order valence-electron chi connectivity index (χ2n) is 6.09. The highest BCUT2D eigenvalue weighted by Gasteiger charge is 2.31. The summed E-state index contributed by atoms with van der Waals surface area (Å²) < 4.78 is 1.98. The van der Waals surface area contributed by atoms with Gasteiger partial charge >= 0.3 is 0 Å². The normalized spacial score (nSPS) is 26.0. The standard InChI is InChI=1S/C17H23N3O/c1-13-10-16(21)11-14(2)20(13)17-8-9-19(18-17)12-15-6-4-3-5-7-15/h3-9,13-14,16,21H,10-12H2,1-2H3. The summed E-state index contributed by atoms with van der Waals surface area (Å²) in [5.41, 5.74) is 1.25. The van der Waals surface area contributed by atoms with Gasteiger partial charge in [-0.15, -0.1) is 0 Å². The monoisotopic (exact) mass is 285 g/mol. The van der Waals surface area contributed by atoms with Crippen molar-refractivity contribution in [1.29, 1.82) is 0 Å². The first-order chi connectivity index (χ1) is 10.1. The van der Waals surface area contributed by atoms with Crippen LogP contribution in [-0.4, -0.2) is 33.1 Å². The zero-order valence-electron chi connectivity index (χ0n) is 12.7. The number of aromatic nitrogens is 2. The minimum atomic E-state index is -0.183. The molecule has 0 bridgehead atoms. The van der Waals surface area contributed by atoms with Crippen molar-refractivity contribution < 1.29 is 5.11 Å². The maximum atomic E-state index is 9.86. The van der Waals surface area contributed by atoms with E-state index in [2.05, 4.69) is 49.1 Å². The molecule has 1 aromatic carbocycles. The summed E-state index contributed by atoms with van der Waals surface area (Å²) in [5.74, 6) is 1.01. The molecule has 3 rings (SSSR count). The van der Waals surface area contributed by atoms with E-state index in [0.717, 1.165) is 25.2 Å². The van der Waals surface area contributed by atoms with Crippen LogP contribution in [0.25, 0.3) is 0 Å². The number of anilines is 1. The number of nitrogens with zero attached hydrogens (tertiary/aromatic N) is 3. The Balaban J connectivity index is 1.75. The molecule has 2 heterocycles. The van der Waals surface area contributed by atoms with Crippen LogP contribution in [0.3, 0.4) is 0 Å². The van der Waals surface area contributed by atoms with Gasteiger partial charge in [-0.1, -0.05) is 30.3 Å². The average Bonchev–Trinajstić information content (AvgIpc) is 2.87. The highest BCUT2D eigenvalue weighted by Crippen LogP contribution is 2.28. The molecule has 2 unspecified atom stereocenters. The molecule has 0 spiro atoms. The first-order valence-corrected chi connectivity index (χ1v) is 7.67. The minimum Gasteiger partial charge on any atom is -0.393 e. The largest absolute Gasteiger partial charge is 0.393 e. The molecule has 0 amide bonds. The van der Waals surface area contributed by atoms with Crippen molar-refractivity contribution in [2.24, 2.45) is 0 Å². The van der Waals surface area contributed by atoms with Crippen LogP contribution in [0.1, 0.15) is 32.3 Å². The lowest BCUT2D eigenvalue weighted by molar-refractivity contribution is 0.116. The number of aliphatic hydroxyl groups excluding tert-OH is 1. The Morgan fingerprint density at radius 1 is 1.10 bits per heavy atom. The summed E-state index contributed by atoms with van der Waals surface area (Å²) >= 11 is 0. The summed E-state index contributed by atoms with van der Waals surface area (Å²) in [6.07, 6.45) is 3.48. The maximum absolute atomic E-state index is 9.86. The molecule has 0 aliphatic carbocycles. The molecule has 4 heteroatoms. The highest BCUT2D eigenvalue weighted by molar-refractivity contribution is 5.40. The second kappa shape index (κ2) is 5.90. The van der Waals surface area contributed by atoms with Crippen LogP contribution >= 0.6 is 0 Å². The van der Waals surface area contributed by atoms with Crippen molar-refractivity contribution in [3.05, 3.63) is 48.2 Å². The molecular weight excluding hydrogens is 262 g/mol. The second-order valence-corrected chi connectivity index (χ2v) is 6.09. The van der Waals surface area contributed by atoms with Gasteiger partial charge in [0.15, 0.2) is 5.82 Å². The molecule has 2 aromatic rings. The van der Waals surface area contributed by atoms with Gasteiger partial charge in [0, 0.05) is 24.3 Å². The summed E-state index contributed by atoms with van der Waals surface area (Å²) in [5, 5.41) is 14.6. The van der Waals surface area contributed by atoms with Gasteiger partial charge in [-0.25, -0.2) is 0 Å². The van der Waals surface area contributed by atoms with Crippen LogP contribution < -0.4 is 4.90 Å². The van der Waals surface area contributed by atoms with Gasteiger partial charge < -0.3 is 10.0 Å². The van der Waals surface area contributed by atoms with Crippen molar-refractivity contribution in [3.8, 4) is 0 Å². The maximum Gasteiger partial charge on any atom is 0.151 e. The van der Waals surface area contributed by atoms with Crippen molar-refractivity contribution in [2.45, 2.75) is 51.4 Å². The molecule has 1 aliphatic rings. The molecule has 21 heavy (non-hydrogen) atoms. The van der Waals surface area contributed by atoms with Gasteiger partial charge in [0.1, 0.15) is 0 Å². The third-order valence-corrected chi connectivity index (χ3v) is 4.25. The van der Waals surface area contributed by atoms with Crippen LogP contribution in [0.15, 0.2) is 42.6 Å². The average molecular weight is 285 g/mol. The molecule has 1 aromatic heterocycles. The number of benzene rings is 1. The summed E-state index contributed by atoms with van der Waals surface area (Å²) in [7, 11) is 0. The van der Waals surface area contributed by atoms with E-state index < -0.39 is 0 Å². The Kier molecular flexibility index (Phi) is 3.97. The van der Waals surface area contributed by atoms with Gasteiger partial charge in [0.25, 0.3) is 0 Å². The third kappa shape index (κ3) is 3.10. The quantitative estimate of drug-likeness (QED) is 0.942. The first kappa shape index (κ1) is 14.1. The lowest BCUT2D eigenvalue weighted by Gasteiger charge is -2.41. The zero-order valence-corrected chi connectivity index (χ0v) is 12.7. The Bertz CT molecular complexity index is 569. The summed E-state index contributed by atoms with van der Waals surface area (Å²) in [4.78, 5) is 2.33. The molecule has 1 saturated heterocycles. The fourth-order valence-corrected chi connectivity index (χ4v) is 3.34. The molecule has 2 atom stereocenters. The molecule has 0 radical (unpaired) electrons. The predicted molar refractivity (Wildman–Crippen MR) is 84.4 cm³/mol. The van der Waals surface area contributed by atoms with Crippen molar-refractivity contribution in [1.82, 2.24) is 9.78 Å². The lowest BCUT2D eigenvalue weighted by Crippen LogP contribution is -2.48. The number of hydrogen-bond acceptors (Lipinski definition) is 3. The Morgan fingerprint density at radius 2 is 1.76 bits per heavy atom. The number of aliphatic hydroxyl groups is 1. The summed E-state index contributed by atoms with van der Waals surface area (Å²) in [6, 6.07) is 13.1. The fourth-order valence-electron chi connectivity index (χ4n) is 3.34. The number of piperidine rings is 1. The van der Waals surface area contributed by atoms with Gasteiger partial charge in [-0.2, -0.15) is 5.10 Å². The molecule has 1 N–H and O–H groups in total. The topological polar surface area (TPSA) is 41.3 Å². The van der Waals surface area contributed by atoms with Gasteiger partial charge in [-0.05, 0) is 32.3 Å². The van der Waals surface area contributed by atoms with Crippen molar-refractivity contribution in [3.63, 3.8) is 0 Å². The molecule has 1 aliphatic heterocycles. The Hall–Kier alpha value is -1.81. The molecule has 4 nitrogen and oxygen atoms in total. The highest BCUT2D eigenvalue weighted by atomic mass is 16.3. The fraction of sp³-hybridized carbons (Fsp3) is 0.471. The van der Waals surface area contributed by atoms with Gasteiger partial charge in [0.05, 0.1) is 12.6 Å². The van der Waals surface area contributed by atoms with Crippen LogP contribution in [0, 0.1) is 0 Å². The van der Waals surface area contributed by atoms with E-state index in [1.54, 1.807) is 0 Å². The third-order valence-electron chi connectivity index (χ3n) is 4.25. The predicted octanol–water partition coefficient (Wildman–Crippen LogP) is 2.67. The number of rotatable bonds is 3. The van der Waals surface area contributed by atoms with E-state index >= 15 is 0 Å². The van der Waals surface area contributed by atoms with E-state index in [1.807, 2.05) is 16.9 Å². The minimum absolute atomic E-state index is 0.183. The van der Waals surface area contributed by atoms with Crippen LogP contribution in [-0.2, 0) is 6.54 Å². The molecule has 0 saturated carbocycles. The van der Waals surface area contributed by atoms with Crippen molar-refractivity contribution >= 4 is 5.82 Å². The molecular formula is C17H23N3O. The number of hydrogen-bond donors (Lipinski definition) is 1. The van der Waals surface area contributed by atoms with Gasteiger partial charge in [0.2, 0.25) is 0 Å². The zero-order chi connectivity index (χ0) is 14.8. The Labute approximate surface area is 126 Å². The smallest absolute Gasteiger partial charge is 0.151 e. The van der Waals surface area contributed by atoms with Crippen LogP contribution in [0.5, 0.6) is 0 Å². The van der Waals surface area contributed by atoms with E-state index in [9.17, 15) is 5.11 Å². The molecule has 112 valence electrons. The Morgan fingerprint density at radius 3 is 2.43 bits per heavy atom. The SMILES string of the molecule is CC1CC(O)CC(C)N1c1ccn(Cc2ccccc2)n1. The molecule has 1 fully saturated rings. The summed E-state index contributed by atoms with van der Waals surface area (Å²) in [6.45, 7) is 5.12. The first-order valence-electron chi connectivity index (χ1n) is 7.67. The van der Waals surface area contributed by atoms with E-state index in [-0.39, 0.29) is 6.10 Å². The van der Waals surface area contributed by atoms with Crippen molar-refractivity contribution in [2.75, 3.05) is 4.90 Å². The van der Waals surface area contributed by atoms with E-state index in [0.29, 0.717) is 12.1 Å². The van der Waals surface area contributed by atoms with Gasteiger partial charge in [-0.3, -0.25) is 4.68 Å².